The van der Waals surface area contributed by atoms with Crippen molar-refractivity contribution in [2.24, 2.45) is 0 Å². The zero-order valence-electron chi connectivity index (χ0n) is 7.83. The van der Waals surface area contributed by atoms with Crippen molar-refractivity contribution in [3.05, 3.63) is 36.2 Å². The first-order valence-corrected chi connectivity index (χ1v) is 4.26. The summed E-state index contributed by atoms with van der Waals surface area (Å²) in [6.07, 6.45) is 0. The molecule has 1 aromatic carbocycles. The molecule has 3 heteroatoms. The SMILES string of the molecule is C=C(C#N)c1ccc2nc(C)[nH]c2c1. The second-order valence-corrected chi connectivity index (χ2v) is 3.14. The summed E-state index contributed by atoms with van der Waals surface area (Å²) in [4.78, 5) is 7.39. The van der Waals surface area contributed by atoms with Gasteiger partial charge in [-0.1, -0.05) is 12.6 Å². The number of hydrogen-bond donors (Lipinski definition) is 1. The van der Waals surface area contributed by atoms with Crippen molar-refractivity contribution in [2.75, 3.05) is 0 Å². The van der Waals surface area contributed by atoms with E-state index in [4.69, 9.17) is 5.26 Å². The number of H-pyrrole nitrogens is 1. The predicted octanol–water partition coefficient (Wildman–Crippen LogP) is 2.41. The number of nitrogens with zero attached hydrogens (tertiary/aromatic N) is 2. The van der Waals surface area contributed by atoms with Gasteiger partial charge in [-0.05, 0) is 24.6 Å². The normalized spacial score (nSPS) is 10.0. The van der Waals surface area contributed by atoms with Crippen LogP contribution in [0.25, 0.3) is 16.6 Å². The molecular formula is C11H9N3. The second kappa shape index (κ2) is 3.00. The molecule has 14 heavy (non-hydrogen) atoms. The molecule has 3 nitrogen and oxygen atoms in total. The lowest BCUT2D eigenvalue weighted by molar-refractivity contribution is 1.17. The van der Waals surface area contributed by atoms with E-state index in [0.717, 1.165) is 22.4 Å². The maximum atomic E-state index is 8.69. The van der Waals surface area contributed by atoms with Crippen LogP contribution in [0.3, 0.4) is 0 Å². The Hall–Kier alpha value is -2.08. The molecule has 0 aliphatic heterocycles. The summed E-state index contributed by atoms with van der Waals surface area (Å²) in [5, 5.41) is 8.69. The van der Waals surface area contributed by atoms with Crippen LogP contribution in [0.2, 0.25) is 0 Å². The Balaban J connectivity index is 2.62. The van der Waals surface area contributed by atoms with Crippen LogP contribution < -0.4 is 0 Å². The van der Waals surface area contributed by atoms with E-state index in [0.29, 0.717) is 5.57 Å². The third kappa shape index (κ3) is 1.27. The number of hydrogen-bond acceptors (Lipinski definition) is 2. The lowest BCUT2D eigenvalue weighted by Gasteiger charge is -1.95. The Morgan fingerprint density at radius 1 is 1.57 bits per heavy atom. The molecule has 0 atom stereocenters. The second-order valence-electron chi connectivity index (χ2n) is 3.14. The molecule has 0 spiro atoms. The largest absolute Gasteiger partial charge is 0.342 e. The minimum absolute atomic E-state index is 0.471. The standard InChI is InChI=1S/C11H9N3/c1-7(6-12)9-3-4-10-11(5-9)14-8(2)13-10/h3-5H,1H2,2H3,(H,13,14). The van der Waals surface area contributed by atoms with Gasteiger partial charge in [0.15, 0.2) is 0 Å². The van der Waals surface area contributed by atoms with Gasteiger partial charge in [-0.3, -0.25) is 0 Å². The topological polar surface area (TPSA) is 52.5 Å². The van der Waals surface area contributed by atoms with Crippen LogP contribution in [0.4, 0.5) is 0 Å². The fourth-order valence-electron chi connectivity index (χ4n) is 1.39. The highest BCUT2D eigenvalue weighted by atomic mass is 14.9. The number of nitriles is 1. The van der Waals surface area contributed by atoms with Crippen molar-refractivity contribution >= 4 is 16.6 Å². The third-order valence-corrected chi connectivity index (χ3v) is 2.08. The average molecular weight is 183 g/mol. The molecule has 0 fully saturated rings. The van der Waals surface area contributed by atoms with Crippen LogP contribution in [-0.4, -0.2) is 9.97 Å². The average Bonchev–Trinajstić information content (AvgIpc) is 2.55. The summed E-state index contributed by atoms with van der Waals surface area (Å²) >= 11 is 0. The highest BCUT2D eigenvalue weighted by Crippen LogP contribution is 2.17. The van der Waals surface area contributed by atoms with Gasteiger partial charge in [-0.15, -0.1) is 0 Å². The summed E-state index contributed by atoms with van der Waals surface area (Å²) in [7, 11) is 0. The van der Waals surface area contributed by atoms with Crippen LogP contribution >= 0.6 is 0 Å². The highest BCUT2D eigenvalue weighted by molar-refractivity contribution is 5.83. The van der Waals surface area contributed by atoms with Gasteiger partial charge in [0.2, 0.25) is 0 Å². The molecule has 0 saturated heterocycles. The molecule has 1 heterocycles. The van der Waals surface area contributed by atoms with E-state index in [2.05, 4.69) is 16.5 Å². The van der Waals surface area contributed by atoms with E-state index < -0.39 is 0 Å². The number of imidazole rings is 1. The van der Waals surface area contributed by atoms with Gasteiger partial charge in [0.25, 0.3) is 0 Å². The van der Waals surface area contributed by atoms with Gasteiger partial charge in [0.05, 0.1) is 22.7 Å². The first-order chi connectivity index (χ1) is 6.70. The van der Waals surface area contributed by atoms with Gasteiger partial charge in [-0.2, -0.15) is 5.26 Å². The third-order valence-electron chi connectivity index (χ3n) is 2.08. The van der Waals surface area contributed by atoms with Gasteiger partial charge >= 0.3 is 0 Å². The molecule has 0 radical (unpaired) electrons. The van der Waals surface area contributed by atoms with Crippen molar-refractivity contribution in [1.82, 2.24) is 9.97 Å². The van der Waals surface area contributed by atoms with E-state index in [1.54, 1.807) is 0 Å². The molecule has 0 bridgehead atoms. The van der Waals surface area contributed by atoms with Crippen molar-refractivity contribution in [2.45, 2.75) is 6.92 Å². The van der Waals surface area contributed by atoms with Crippen LogP contribution in [-0.2, 0) is 0 Å². The van der Waals surface area contributed by atoms with Gasteiger partial charge in [0.1, 0.15) is 5.82 Å². The molecule has 2 rings (SSSR count). The molecule has 1 aromatic heterocycles. The number of aromatic nitrogens is 2. The number of allylic oxidation sites excluding steroid dienone is 1. The Morgan fingerprint density at radius 2 is 2.36 bits per heavy atom. The van der Waals surface area contributed by atoms with Gasteiger partial charge < -0.3 is 4.98 Å². The molecule has 0 saturated carbocycles. The van der Waals surface area contributed by atoms with Crippen molar-refractivity contribution in [3.63, 3.8) is 0 Å². The number of fused-ring (bicyclic) bond motifs is 1. The van der Waals surface area contributed by atoms with Crippen LogP contribution in [0.15, 0.2) is 24.8 Å². The number of benzene rings is 1. The molecule has 0 aliphatic carbocycles. The fraction of sp³-hybridized carbons (Fsp3) is 0.0909. The Kier molecular flexibility index (Phi) is 1.83. The number of rotatable bonds is 1. The first kappa shape index (κ1) is 8.52. The summed E-state index contributed by atoms with van der Waals surface area (Å²) < 4.78 is 0. The van der Waals surface area contributed by atoms with Gasteiger partial charge in [0, 0.05) is 0 Å². The minimum atomic E-state index is 0.471. The Morgan fingerprint density at radius 3 is 3.07 bits per heavy atom. The number of nitrogens with one attached hydrogen (secondary N) is 1. The Bertz CT molecular complexity index is 543. The predicted molar refractivity (Wildman–Crippen MR) is 55.5 cm³/mol. The zero-order chi connectivity index (χ0) is 10.1. The first-order valence-electron chi connectivity index (χ1n) is 4.26. The smallest absolute Gasteiger partial charge is 0.104 e. The lowest BCUT2D eigenvalue weighted by atomic mass is 10.1. The Labute approximate surface area is 81.7 Å². The van der Waals surface area contributed by atoms with Crippen molar-refractivity contribution in [3.8, 4) is 6.07 Å². The molecule has 0 aliphatic rings. The van der Waals surface area contributed by atoms with Crippen molar-refractivity contribution in [1.29, 1.82) is 5.26 Å². The van der Waals surface area contributed by atoms with E-state index in [9.17, 15) is 0 Å². The molecule has 68 valence electrons. The monoisotopic (exact) mass is 183 g/mol. The van der Waals surface area contributed by atoms with E-state index in [1.807, 2.05) is 31.2 Å². The molecule has 1 N–H and O–H groups in total. The molecule has 0 unspecified atom stereocenters. The highest BCUT2D eigenvalue weighted by Gasteiger charge is 2.02. The maximum Gasteiger partial charge on any atom is 0.104 e. The molecule has 0 amide bonds. The quantitative estimate of drug-likeness (QED) is 0.690. The van der Waals surface area contributed by atoms with Gasteiger partial charge in [-0.25, -0.2) is 4.98 Å². The summed E-state index contributed by atoms with van der Waals surface area (Å²) in [6.45, 7) is 5.56. The zero-order valence-corrected chi connectivity index (χ0v) is 7.83. The number of aryl methyl sites for hydroxylation is 1. The van der Waals surface area contributed by atoms with Crippen LogP contribution in [0.5, 0.6) is 0 Å². The minimum Gasteiger partial charge on any atom is -0.342 e. The lowest BCUT2D eigenvalue weighted by Crippen LogP contribution is -1.79. The summed E-state index contributed by atoms with van der Waals surface area (Å²) in [5.74, 6) is 0.875. The van der Waals surface area contributed by atoms with Crippen LogP contribution in [0, 0.1) is 18.3 Å². The van der Waals surface area contributed by atoms with E-state index >= 15 is 0 Å². The van der Waals surface area contributed by atoms with E-state index in [-0.39, 0.29) is 0 Å². The fourth-order valence-corrected chi connectivity index (χ4v) is 1.39. The molecular weight excluding hydrogens is 174 g/mol. The number of aromatic amines is 1. The summed E-state index contributed by atoms with van der Waals surface area (Å²) in [6, 6.07) is 7.65. The summed E-state index contributed by atoms with van der Waals surface area (Å²) in [5.41, 5.74) is 3.16. The van der Waals surface area contributed by atoms with E-state index in [1.165, 1.54) is 0 Å². The van der Waals surface area contributed by atoms with Crippen molar-refractivity contribution < 1.29 is 0 Å². The maximum absolute atomic E-state index is 8.69. The molecule has 2 aromatic rings. The van der Waals surface area contributed by atoms with Crippen LogP contribution in [0.1, 0.15) is 11.4 Å².